The lowest BCUT2D eigenvalue weighted by atomic mass is 10.0. The van der Waals surface area contributed by atoms with E-state index in [-0.39, 0.29) is 12.0 Å². The average molecular weight is 347 g/mol. The van der Waals surface area contributed by atoms with E-state index in [1.807, 2.05) is 30.3 Å². The Morgan fingerprint density at radius 2 is 1.96 bits per heavy atom. The van der Waals surface area contributed by atoms with Gasteiger partial charge in [0, 0.05) is 12.2 Å². The van der Waals surface area contributed by atoms with Crippen molar-refractivity contribution in [2.75, 3.05) is 11.9 Å². The van der Waals surface area contributed by atoms with Crippen LogP contribution in [0, 0.1) is 5.92 Å². The van der Waals surface area contributed by atoms with Gasteiger partial charge < -0.3 is 10.1 Å². The summed E-state index contributed by atoms with van der Waals surface area (Å²) in [4.78, 5) is 28.9. The quantitative estimate of drug-likeness (QED) is 0.784. The predicted molar refractivity (Wildman–Crippen MR) is 95.0 cm³/mol. The van der Waals surface area contributed by atoms with Gasteiger partial charge in [-0.05, 0) is 26.3 Å². The van der Waals surface area contributed by atoms with Crippen molar-refractivity contribution in [2.24, 2.45) is 5.92 Å². The molecule has 1 heterocycles. The van der Waals surface area contributed by atoms with E-state index in [1.165, 1.54) is 11.3 Å². The Hall–Kier alpha value is -2.41. The highest BCUT2D eigenvalue weighted by molar-refractivity contribution is 7.19. The van der Waals surface area contributed by atoms with E-state index < -0.39 is 11.9 Å². The normalized spacial score (nSPS) is 13.0. The van der Waals surface area contributed by atoms with Gasteiger partial charge in [-0.2, -0.15) is 0 Å². The molecule has 0 fully saturated rings. The minimum absolute atomic E-state index is 0.323. The molecule has 1 aromatic heterocycles. The number of amides is 2. The van der Waals surface area contributed by atoms with Gasteiger partial charge in [-0.1, -0.05) is 41.7 Å². The number of carbonyl (C=O) groups is 2. The van der Waals surface area contributed by atoms with Crippen LogP contribution >= 0.6 is 11.3 Å². The van der Waals surface area contributed by atoms with Crippen LogP contribution in [0.2, 0.25) is 0 Å². The van der Waals surface area contributed by atoms with Crippen molar-refractivity contribution in [2.45, 2.75) is 26.8 Å². The number of hydrogen-bond acceptors (Lipinski definition) is 5. The Morgan fingerprint density at radius 3 is 2.62 bits per heavy atom. The van der Waals surface area contributed by atoms with Crippen molar-refractivity contribution in [3.05, 3.63) is 36.5 Å². The average Bonchev–Trinajstić information content (AvgIpc) is 3.03. The van der Waals surface area contributed by atoms with Crippen LogP contribution in [0.3, 0.4) is 0 Å². The van der Waals surface area contributed by atoms with E-state index in [0.29, 0.717) is 11.7 Å². The molecule has 2 rings (SSSR count). The lowest BCUT2D eigenvalue weighted by Gasteiger charge is -2.19. The second-order valence-electron chi connectivity index (χ2n) is 5.32. The number of urea groups is 1. The molecule has 2 atom stereocenters. The number of anilines is 1. The molecule has 0 unspecified atom stereocenters. The van der Waals surface area contributed by atoms with Crippen molar-refractivity contribution in [3.8, 4) is 10.4 Å². The van der Waals surface area contributed by atoms with Gasteiger partial charge >= 0.3 is 12.0 Å². The smallest absolute Gasteiger partial charge is 0.321 e. The third kappa shape index (κ3) is 4.79. The van der Waals surface area contributed by atoms with Gasteiger partial charge in [-0.25, -0.2) is 9.78 Å². The zero-order valence-electron chi connectivity index (χ0n) is 13.9. The summed E-state index contributed by atoms with van der Waals surface area (Å²) in [6, 6.07) is 9.08. The van der Waals surface area contributed by atoms with Crippen LogP contribution < -0.4 is 10.6 Å². The van der Waals surface area contributed by atoms with Gasteiger partial charge in [0.25, 0.3) is 0 Å². The number of nitrogens with one attached hydrogen (secondary N) is 2. The highest BCUT2D eigenvalue weighted by Crippen LogP contribution is 2.28. The lowest BCUT2D eigenvalue weighted by molar-refractivity contribution is -0.148. The molecule has 0 saturated carbocycles. The SMILES string of the molecule is CCOC(=O)[C@@H](C)[C@@H](C)NC(=O)Nc1ncc(-c2ccccc2)s1. The van der Waals surface area contributed by atoms with E-state index in [1.54, 1.807) is 27.0 Å². The van der Waals surface area contributed by atoms with E-state index in [9.17, 15) is 9.59 Å². The highest BCUT2D eigenvalue weighted by atomic mass is 32.1. The fourth-order valence-electron chi connectivity index (χ4n) is 2.01. The lowest BCUT2D eigenvalue weighted by Crippen LogP contribution is -2.42. The first-order valence-electron chi connectivity index (χ1n) is 7.76. The first kappa shape index (κ1) is 17.9. The molecule has 7 heteroatoms. The van der Waals surface area contributed by atoms with Gasteiger partial charge in [-0.3, -0.25) is 10.1 Å². The van der Waals surface area contributed by atoms with E-state index >= 15 is 0 Å². The Morgan fingerprint density at radius 1 is 1.25 bits per heavy atom. The van der Waals surface area contributed by atoms with Crippen molar-refractivity contribution < 1.29 is 14.3 Å². The molecule has 0 aliphatic carbocycles. The monoisotopic (exact) mass is 347 g/mol. The summed E-state index contributed by atoms with van der Waals surface area (Å²) in [5.41, 5.74) is 1.05. The molecule has 0 radical (unpaired) electrons. The fourth-order valence-corrected chi connectivity index (χ4v) is 2.83. The summed E-state index contributed by atoms with van der Waals surface area (Å²) in [5, 5.41) is 5.93. The van der Waals surface area contributed by atoms with Crippen molar-refractivity contribution >= 4 is 28.5 Å². The number of thiazole rings is 1. The minimum Gasteiger partial charge on any atom is -0.466 e. The third-order valence-electron chi connectivity index (χ3n) is 3.55. The van der Waals surface area contributed by atoms with Crippen LogP contribution in [0.1, 0.15) is 20.8 Å². The van der Waals surface area contributed by atoms with Crippen LogP contribution in [0.25, 0.3) is 10.4 Å². The zero-order chi connectivity index (χ0) is 17.5. The van der Waals surface area contributed by atoms with Gasteiger partial charge in [0.15, 0.2) is 5.13 Å². The molecule has 0 aliphatic rings. The highest BCUT2D eigenvalue weighted by Gasteiger charge is 2.23. The fraction of sp³-hybridized carbons (Fsp3) is 0.353. The molecule has 2 aromatic rings. The van der Waals surface area contributed by atoms with Crippen molar-refractivity contribution in [1.29, 1.82) is 0 Å². The van der Waals surface area contributed by atoms with Crippen molar-refractivity contribution in [3.63, 3.8) is 0 Å². The number of hydrogen-bond donors (Lipinski definition) is 2. The minimum atomic E-state index is -0.424. The van der Waals surface area contributed by atoms with Crippen LogP contribution in [0.5, 0.6) is 0 Å². The second kappa shape index (κ2) is 8.44. The van der Waals surface area contributed by atoms with Gasteiger partial charge in [0.2, 0.25) is 0 Å². The zero-order valence-corrected chi connectivity index (χ0v) is 14.7. The summed E-state index contributed by atoms with van der Waals surface area (Å²) < 4.78 is 4.96. The maximum Gasteiger partial charge on any atom is 0.321 e. The molecule has 0 bridgehead atoms. The molecule has 2 amide bonds. The Balaban J connectivity index is 1.91. The number of aromatic nitrogens is 1. The summed E-state index contributed by atoms with van der Waals surface area (Å²) in [7, 11) is 0. The maximum absolute atomic E-state index is 12.0. The molecular formula is C17H21N3O3S. The van der Waals surface area contributed by atoms with Crippen LogP contribution in [-0.2, 0) is 9.53 Å². The summed E-state index contributed by atoms with van der Waals surface area (Å²) in [6.07, 6.45) is 1.72. The van der Waals surface area contributed by atoms with Crippen LogP contribution in [-0.4, -0.2) is 29.6 Å². The molecule has 24 heavy (non-hydrogen) atoms. The van der Waals surface area contributed by atoms with E-state index in [4.69, 9.17) is 4.74 Å². The Kier molecular flexibility index (Phi) is 6.31. The standard InChI is InChI=1S/C17H21N3O3S/c1-4-23-15(21)11(2)12(3)19-16(22)20-17-18-10-14(24-17)13-8-6-5-7-9-13/h5-12H,4H2,1-3H3,(H2,18,19,20,22)/t11-,12+/m0/s1. The number of rotatable bonds is 6. The second-order valence-corrected chi connectivity index (χ2v) is 6.35. The third-order valence-corrected chi connectivity index (χ3v) is 4.51. The molecule has 6 nitrogen and oxygen atoms in total. The van der Waals surface area contributed by atoms with Gasteiger partial charge in [0.1, 0.15) is 0 Å². The maximum atomic E-state index is 12.0. The number of esters is 1. The Labute approximate surface area is 145 Å². The first-order chi connectivity index (χ1) is 11.5. The van der Waals surface area contributed by atoms with Crippen LogP contribution in [0.4, 0.5) is 9.93 Å². The first-order valence-corrected chi connectivity index (χ1v) is 8.58. The largest absolute Gasteiger partial charge is 0.466 e. The number of benzene rings is 1. The van der Waals surface area contributed by atoms with Crippen molar-refractivity contribution in [1.82, 2.24) is 10.3 Å². The van der Waals surface area contributed by atoms with Gasteiger partial charge in [-0.15, -0.1) is 0 Å². The molecule has 0 aliphatic heterocycles. The molecular weight excluding hydrogens is 326 g/mol. The van der Waals surface area contributed by atoms with Gasteiger partial charge in [0.05, 0.1) is 17.4 Å². The summed E-state index contributed by atoms with van der Waals surface area (Å²) in [5.74, 6) is -0.752. The molecule has 2 N–H and O–H groups in total. The molecule has 1 aromatic carbocycles. The van der Waals surface area contributed by atoms with E-state index in [2.05, 4.69) is 15.6 Å². The van der Waals surface area contributed by atoms with E-state index in [0.717, 1.165) is 10.4 Å². The number of carbonyl (C=O) groups excluding carboxylic acids is 2. The Bertz CT molecular complexity index is 687. The topological polar surface area (TPSA) is 80.3 Å². The number of ether oxygens (including phenoxy) is 1. The predicted octanol–water partition coefficient (Wildman–Crippen LogP) is 3.52. The molecule has 0 saturated heterocycles. The summed E-state index contributed by atoms with van der Waals surface area (Å²) in [6.45, 7) is 5.56. The molecule has 128 valence electrons. The summed E-state index contributed by atoms with van der Waals surface area (Å²) >= 11 is 1.39. The van der Waals surface area contributed by atoms with Crippen LogP contribution in [0.15, 0.2) is 36.5 Å². The number of nitrogens with zero attached hydrogens (tertiary/aromatic N) is 1. The molecule has 0 spiro atoms.